The van der Waals surface area contributed by atoms with Crippen LogP contribution in [0.25, 0.3) is 0 Å². The number of rotatable bonds is 8. The summed E-state index contributed by atoms with van der Waals surface area (Å²) in [6.07, 6.45) is 3.82. The SMILES string of the molecule is C=CCn1c(SCC(=O)NC(C)c2ccco2)nnc1C1CCS(=O)(=O)C1. The number of amides is 1. The van der Waals surface area contributed by atoms with Crippen LogP contribution in [-0.4, -0.2) is 46.3 Å². The minimum Gasteiger partial charge on any atom is -0.467 e. The van der Waals surface area contributed by atoms with Crippen LogP contribution in [-0.2, 0) is 21.2 Å². The lowest BCUT2D eigenvalue weighted by Crippen LogP contribution is -2.28. The summed E-state index contributed by atoms with van der Waals surface area (Å²) in [5.41, 5.74) is 0. The van der Waals surface area contributed by atoms with Gasteiger partial charge >= 0.3 is 0 Å². The Balaban J connectivity index is 1.64. The summed E-state index contributed by atoms with van der Waals surface area (Å²) in [6.45, 7) is 6.05. The van der Waals surface area contributed by atoms with Crippen LogP contribution in [0.3, 0.4) is 0 Å². The molecule has 1 fully saturated rings. The van der Waals surface area contributed by atoms with Crippen LogP contribution in [0.5, 0.6) is 0 Å². The molecule has 27 heavy (non-hydrogen) atoms. The highest BCUT2D eigenvalue weighted by atomic mass is 32.2. The number of sulfone groups is 1. The highest BCUT2D eigenvalue weighted by molar-refractivity contribution is 7.99. The van der Waals surface area contributed by atoms with E-state index < -0.39 is 9.84 Å². The summed E-state index contributed by atoms with van der Waals surface area (Å²) in [6, 6.07) is 3.36. The van der Waals surface area contributed by atoms with Gasteiger partial charge in [-0.25, -0.2) is 8.42 Å². The molecular weight excluding hydrogens is 388 g/mol. The average Bonchev–Trinajstić information content (AvgIpc) is 3.33. The van der Waals surface area contributed by atoms with Crippen molar-refractivity contribution in [3.63, 3.8) is 0 Å². The van der Waals surface area contributed by atoms with Crippen LogP contribution in [0, 0.1) is 0 Å². The second-order valence-corrected chi connectivity index (χ2v) is 9.60. The van der Waals surface area contributed by atoms with Gasteiger partial charge in [0.1, 0.15) is 11.6 Å². The number of thioether (sulfide) groups is 1. The molecule has 2 aromatic rings. The predicted molar refractivity (Wildman–Crippen MR) is 102 cm³/mol. The fourth-order valence-electron chi connectivity index (χ4n) is 3.03. The van der Waals surface area contributed by atoms with Gasteiger partial charge in [0, 0.05) is 12.5 Å². The Morgan fingerprint density at radius 1 is 1.56 bits per heavy atom. The molecule has 3 heterocycles. The summed E-state index contributed by atoms with van der Waals surface area (Å²) in [4.78, 5) is 12.2. The van der Waals surface area contributed by atoms with E-state index in [1.54, 1.807) is 24.5 Å². The van der Waals surface area contributed by atoms with Crippen molar-refractivity contribution in [3.05, 3.63) is 42.6 Å². The highest BCUT2D eigenvalue weighted by Gasteiger charge is 2.33. The minimum atomic E-state index is -3.01. The second kappa shape index (κ2) is 8.30. The molecule has 0 spiro atoms. The number of allylic oxidation sites excluding steroid dienone is 1. The molecule has 0 saturated carbocycles. The zero-order valence-electron chi connectivity index (χ0n) is 15.0. The number of carbonyl (C=O) groups excluding carboxylic acids is 1. The monoisotopic (exact) mass is 410 g/mol. The molecule has 0 bridgehead atoms. The van der Waals surface area contributed by atoms with E-state index in [1.165, 1.54) is 11.8 Å². The average molecular weight is 411 g/mol. The van der Waals surface area contributed by atoms with E-state index in [0.29, 0.717) is 29.7 Å². The number of carbonyl (C=O) groups is 1. The Morgan fingerprint density at radius 2 is 2.37 bits per heavy atom. The molecule has 1 N–H and O–H groups in total. The van der Waals surface area contributed by atoms with Crippen molar-refractivity contribution in [2.24, 2.45) is 0 Å². The van der Waals surface area contributed by atoms with Gasteiger partial charge in [0.05, 0.1) is 29.6 Å². The van der Waals surface area contributed by atoms with Gasteiger partial charge in [0.2, 0.25) is 5.91 Å². The molecule has 0 radical (unpaired) electrons. The van der Waals surface area contributed by atoms with Crippen LogP contribution in [0.15, 0.2) is 40.6 Å². The van der Waals surface area contributed by atoms with Crippen LogP contribution < -0.4 is 5.32 Å². The summed E-state index contributed by atoms with van der Waals surface area (Å²) < 4.78 is 30.6. The van der Waals surface area contributed by atoms with Crippen LogP contribution in [0.4, 0.5) is 0 Å². The molecule has 3 rings (SSSR count). The van der Waals surface area contributed by atoms with E-state index in [4.69, 9.17) is 4.42 Å². The van der Waals surface area contributed by atoms with E-state index in [0.717, 1.165) is 0 Å². The lowest BCUT2D eigenvalue weighted by atomic mass is 10.1. The van der Waals surface area contributed by atoms with Crippen molar-refractivity contribution in [3.8, 4) is 0 Å². The van der Waals surface area contributed by atoms with Gasteiger partial charge in [0.25, 0.3) is 0 Å². The van der Waals surface area contributed by atoms with Gasteiger partial charge in [0.15, 0.2) is 15.0 Å². The summed E-state index contributed by atoms with van der Waals surface area (Å²) in [5, 5.41) is 11.8. The fourth-order valence-corrected chi connectivity index (χ4v) is 5.54. The third-order valence-electron chi connectivity index (χ3n) is 4.33. The van der Waals surface area contributed by atoms with Crippen molar-refractivity contribution in [1.82, 2.24) is 20.1 Å². The number of nitrogens with one attached hydrogen (secondary N) is 1. The maximum absolute atomic E-state index is 12.2. The predicted octanol–water partition coefficient (Wildman–Crippen LogP) is 1.93. The lowest BCUT2D eigenvalue weighted by Gasteiger charge is -2.12. The zero-order chi connectivity index (χ0) is 19.4. The van der Waals surface area contributed by atoms with E-state index >= 15 is 0 Å². The van der Waals surface area contributed by atoms with Gasteiger partial charge in [-0.05, 0) is 25.5 Å². The molecule has 1 amide bonds. The van der Waals surface area contributed by atoms with Crippen molar-refractivity contribution < 1.29 is 17.6 Å². The Labute approximate surface area is 162 Å². The van der Waals surface area contributed by atoms with Crippen LogP contribution in [0.2, 0.25) is 0 Å². The Bertz CT molecular complexity index is 906. The number of furan rings is 1. The molecular formula is C17H22N4O4S2. The molecule has 0 aromatic carbocycles. The minimum absolute atomic E-state index is 0.0914. The molecule has 1 saturated heterocycles. The van der Waals surface area contributed by atoms with Gasteiger partial charge < -0.3 is 14.3 Å². The van der Waals surface area contributed by atoms with Crippen molar-refractivity contribution >= 4 is 27.5 Å². The van der Waals surface area contributed by atoms with Crippen molar-refractivity contribution in [2.45, 2.75) is 37.0 Å². The van der Waals surface area contributed by atoms with Crippen LogP contribution >= 0.6 is 11.8 Å². The summed E-state index contributed by atoms with van der Waals surface area (Å²) >= 11 is 1.26. The van der Waals surface area contributed by atoms with Gasteiger partial charge in [-0.15, -0.1) is 16.8 Å². The molecule has 10 heteroatoms. The normalized spacial score (nSPS) is 19.7. The van der Waals surface area contributed by atoms with E-state index in [1.807, 2.05) is 11.5 Å². The van der Waals surface area contributed by atoms with E-state index in [-0.39, 0.29) is 35.1 Å². The topological polar surface area (TPSA) is 107 Å². The molecule has 1 aliphatic heterocycles. The van der Waals surface area contributed by atoms with Gasteiger partial charge in [-0.1, -0.05) is 17.8 Å². The van der Waals surface area contributed by atoms with Crippen LogP contribution in [0.1, 0.15) is 36.9 Å². The first kappa shape index (κ1) is 19.7. The Hall–Kier alpha value is -2.07. The van der Waals surface area contributed by atoms with Crippen molar-refractivity contribution in [1.29, 1.82) is 0 Å². The summed E-state index contributed by atoms with van der Waals surface area (Å²) in [5.74, 6) is 1.45. The maximum Gasteiger partial charge on any atom is 0.231 e. The van der Waals surface area contributed by atoms with E-state index in [2.05, 4.69) is 22.1 Å². The second-order valence-electron chi connectivity index (χ2n) is 6.43. The molecule has 0 aliphatic carbocycles. The first-order chi connectivity index (χ1) is 12.9. The molecule has 1 aliphatic rings. The number of hydrogen-bond acceptors (Lipinski definition) is 7. The van der Waals surface area contributed by atoms with Crippen molar-refractivity contribution in [2.75, 3.05) is 17.3 Å². The zero-order valence-corrected chi connectivity index (χ0v) is 16.6. The quantitative estimate of drug-likeness (QED) is 0.523. The lowest BCUT2D eigenvalue weighted by molar-refractivity contribution is -0.119. The highest BCUT2D eigenvalue weighted by Crippen LogP contribution is 2.30. The third-order valence-corrected chi connectivity index (χ3v) is 7.07. The number of aromatic nitrogens is 3. The van der Waals surface area contributed by atoms with Gasteiger partial charge in [-0.2, -0.15) is 0 Å². The smallest absolute Gasteiger partial charge is 0.231 e. The fraction of sp³-hybridized carbons (Fsp3) is 0.471. The molecule has 146 valence electrons. The Kier molecular flexibility index (Phi) is 6.05. The van der Waals surface area contributed by atoms with Gasteiger partial charge in [-0.3, -0.25) is 4.79 Å². The largest absolute Gasteiger partial charge is 0.467 e. The number of nitrogens with zero attached hydrogens (tertiary/aromatic N) is 3. The molecule has 2 atom stereocenters. The molecule has 8 nitrogen and oxygen atoms in total. The first-order valence-electron chi connectivity index (χ1n) is 8.59. The van der Waals surface area contributed by atoms with E-state index in [9.17, 15) is 13.2 Å². The standard InChI is InChI=1S/C17H22N4O4S2/c1-3-7-21-16(13-6-9-27(23,24)11-13)19-20-17(21)26-10-15(22)18-12(2)14-5-4-8-25-14/h3-5,8,12-13H,1,6-7,9-11H2,2H3,(H,18,22). The molecule has 2 unspecified atom stereocenters. The third kappa shape index (κ3) is 4.81. The first-order valence-corrected chi connectivity index (χ1v) is 11.4. The Morgan fingerprint density at radius 3 is 3.00 bits per heavy atom. The summed E-state index contributed by atoms with van der Waals surface area (Å²) in [7, 11) is -3.01. The number of hydrogen-bond donors (Lipinski definition) is 1. The molecule has 2 aromatic heterocycles. The maximum atomic E-state index is 12.2.